The van der Waals surface area contributed by atoms with Gasteiger partial charge in [-0.1, -0.05) is 12.1 Å². The van der Waals surface area contributed by atoms with Crippen molar-refractivity contribution >= 4 is 12.0 Å². The van der Waals surface area contributed by atoms with E-state index < -0.39 is 5.97 Å². The molecule has 0 spiro atoms. The van der Waals surface area contributed by atoms with Gasteiger partial charge in [0.1, 0.15) is 11.4 Å². The largest absolute Gasteiger partial charge is 0.491 e. The Hall–Kier alpha value is -1.97. The number of benzene rings is 1. The van der Waals surface area contributed by atoms with Crippen molar-refractivity contribution in [2.24, 2.45) is 5.73 Å². The molecule has 0 unspecified atom stereocenters. The summed E-state index contributed by atoms with van der Waals surface area (Å²) in [5, 5.41) is 8.60. The number of hydrogen-bond donors (Lipinski definition) is 2. The van der Waals surface area contributed by atoms with Crippen LogP contribution in [0, 0.1) is 0 Å². The van der Waals surface area contributed by atoms with Crippen LogP contribution in [-0.2, 0) is 4.79 Å². The van der Waals surface area contributed by atoms with Crippen LogP contribution < -0.4 is 10.5 Å². The third-order valence-electron chi connectivity index (χ3n) is 1.82. The molecule has 0 fully saturated rings. The maximum atomic E-state index is 10.5. The summed E-state index contributed by atoms with van der Waals surface area (Å²) in [4.78, 5) is 10.5. The molecule has 4 heteroatoms. The molecule has 0 saturated carbocycles. The first-order valence-electron chi connectivity index (χ1n) is 4.96. The number of rotatable bonds is 4. The minimum atomic E-state index is -1.12. The molecule has 0 amide bonds. The average molecular weight is 221 g/mol. The lowest BCUT2D eigenvalue weighted by Crippen LogP contribution is -2.09. The van der Waals surface area contributed by atoms with E-state index in [-0.39, 0.29) is 11.8 Å². The lowest BCUT2D eigenvalue weighted by molar-refractivity contribution is -0.132. The summed E-state index contributed by atoms with van der Waals surface area (Å²) in [6, 6.07) is 7.07. The Kier molecular flexibility index (Phi) is 3.94. The van der Waals surface area contributed by atoms with Crippen molar-refractivity contribution in [1.29, 1.82) is 0 Å². The molecular formula is C12H15NO3. The first kappa shape index (κ1) is 12.1. The first-order valence-corrected chi connectivity index (χ1v) is 4.96. The topological polar surface area (TPSA) is 72.5 Å². The zero-order valence-electron chi connectivity index (χ0n) is 9.31. The van der Waals surface area contributed by atoms with Gasteiger partial charge in [0.25, 0.3) is 0 Å². The molecular weight excluding hydrogens is 206 g/mol. The van der Waals surface area contributed by atoms with Gasteiger partial charge in [0.05, 0.1) is 6.10 Å². The molecule has 1 rings (SSSR count). The minimum Gasteiger partial charge on any atom is -0.491 e. The van der Waals surface area contributed by atoms with Crippen LogP contribution in [0.15, 0.2) is 30.0 Å². The highest BCUT2D eigenvalue weighted by Crippen LogP contribution is 2.15. The van der Waals surface area contributed by atoms with Crippen molar-refractivity contribution in [2.45, 2.75) is 20.0 Å². The third-order valence-corrected chi connectivity index (χ3v) is 1.82. The second-order valence-corrected chi connectivity index (χ2v) is 3.64. The van der Waals surface area contributed by atoms with Gasteiger partial charge in [-0.15, -0.1) is 0 Å². The summed E-state index contributed by atoms with van der Waals surface area (Å²) in [6.45, 7) is 3.88. The van der Waals surface area contributed by atoms with Gasteiger partial charge in [0, 0.05) is 0 Å². The van der Waals surface area contributed by atoms with Gasteiger partial charge >= 0.3 is 5.97 Å². The number of carbonyl (C=O) groups is 1. The molecule has 0 aliphatic heterocycles. The van der Waals surface area contributed by atoms with Crippen molar-refractivity contribution in [3.63, 3.8) is 0 Å². The molecule has 3 N–H and O–H groups in total. The number of aliphatic carboxylic acids is 1. The minimum absolute atomic E-state index is 0.116. The van der Waals surface area contributed by atoms with Gasteiger partial charge < -0.3 is 15.6 Å². The first-order chi connectivity index (χ1) is 7.49. The highest BCUT2D eigenvalue weighted by atomic mass is 16.5. The van der Waals surface area contributed by atoms with Crippen LogP contribution in [0.4, 0.5) is 0 Å². The smallest absolute Gasteiger partial charge is 0.351 e. The van der Waals surface area contributed by atoms with Crippen molar-refractivity contribution in [3.8, 4) is 5.75 Å². The molecule has 4 nitrogen and oxygen atoms in total. The van der Waals surface area contributed by atoms with Crippen molar-refractivity contribution in [2.75, 3.05) is 0 Å². The second kappa shape index (κ2) is 5.21. The molecule has 0 atom stereocenters. The summed E-state index contributed by atoms with van der Waals surface area (Å²) in [5.41, 5.74) is 5.85. The van der Waals surface area contributed by atoms with Gasteiger partial charge in [-0.25, -0.2) is 4.79 Å². The maximum Gasteiger partial charge on any atom is 0.351 e. The number of nitrogens with two attached hydrogens (primary N) is 1. The predicted octanol–water partition coefficient (Wildman–Crippen LogP) is 1.86. The van der Waals surface area contributed by atoms with Crippen LogP contribution in [0.3, 0.4) is 0 Å². The van der Waals surface area contributed by atoms with E-state index in [4.69, 9.17) is 15.6 Å². The molecule has 1 aromatic rings. The van der Waals surface area contributed by atoms with E-state index in [1.54, 1.807) is 24.3 Å². The average Bonchev–Trinajstić information content (AvgIpc) is 2.20. The Morgan fingerprint density at radius 1 is 1.38 bits per heavy atom. The van der Waals surface area contributed by atoms with Crippen LogP contribution in [0.25, 0.3) is 6.08 Å². The molecule has 16 heavy (non-hydrogen) atoms. The Bertz CT molecular complexity index is 393. The molecule has 0 heterocycles. The van der Waals surface area contributed by atoms with E-state index in [0.717, 1.165) is 11.3 Å². The Morgan fingerprint density at radius 2 is 1.94 bits per heavy atom. The lowest BCUT2D eigenvalue weighted by atomic mass is 10.2. The fourth-order valence-electron chi connectivity index (χ4n) is 1.16. The standard InChI is InChI=1S/C12H15NO3/c1-8(2)16-10-5-3-9(4-6-10)7-11(13)12(14)15/h3-8H,13H2,1-2H3,(H,14,15)/b11-7+. The lowest BCUT2D eigenvalue weighted by Gasteiger charge is -2.09. The SMILES string of the molecule is CC(C)Oc1ccc(/C=C(/N)C(=O)O)cc1. The zero-order valence-corrected chi connectivity index (χ0v) is 9.31. The highest BCUT2D eigenvalue weighted by Gasteiger charge is 2.01. The number of ether oxygens (including phenoxy) is 1. The fourth-order valence-corrected chi connectivity index (χ4v) is 1.16. The summed E-state index contributed by atoms with van der Waals surface area (Å²) in [6.07, 6.45) is 1.52. The van der Waals surface area contributed by atoms with E-state index in [1.807, 2.05) is 13.8 Å². The second-order valence-electron chi connectivity index (χ2n) is 3.64. The number of hydrogen-bond acceptors (Lipinski definition) is 3. The Labute approximate surface area is 94.3 Å². The molecule has 86 valence electrons. The Balaban J connectivity index is 2.79. The molecule has 0 aromatic heterocycles. The number of carboxylic acid groups (broad SMARTS) is 1. The highest BCUT2D eigenvalue weighted by molar-refractivity contribution is 5.90. The summed E-state index contributed by atoms with van der Waals surface area (Å²) in [5.74, 6) is -0.372. The van der Waals surface area contributed by atoms with Gasteiger partial charge in [-0.2, -0.15) is 0 Å². The monoisotopic (exact) mass is 221 g/mol. The van der Waals surface area contributed by atoms with E-state index in [1.165, 1.54) is 6.08 Å². The van der Waals surface area contributed by atoms with Crippen molar-refractivity contribution in [3.05, 3.63) is 35.5 Å². The number of carboxylic acids is 1. The van der Waals surface area contributed by atoms with Crippen molar-refractivity contribution < 1.29 is 14.6 Å². The predicted molar refractivity (Wildman–Crippen MR) is 62.0 cm³/mol. The van der Waals surface area contributed by atoms with Gasteiger partial charge in [-0.3, -0.25) is 0 Å². The van der Waals surface area contributed by atoms with Crippen LogP contribution >= 0.6 is 0 Å². The van der Waals surface area contributed by atoms with E-state index in [9.17, 15) is 4.79 Å². The third kappa shape index (κ3) is 3.65. The zero-order chi connectivity index (χ0) is 12.1. The van der Waals surface area contributed by atoms with E-state index >= 15 is 0 Å². The normalized spacial score (nSPS) is 11.6. The quantitative estimate of drug-likeness (QED) is 0.761. The van der Waals surface area contributed by atoms with E-state index in [0.29, 0.717) is 0 Å². The van der Waals surface area contributed by atoms with Crippen LogP contribution in [-0.4, -0.2) is 17.2 Å². The fraction of sp³-hybridized carbons (Fsp3) is 0.250. The van der Waals surface area contributed by atoms with E-state index in [2.05, 4.69) is 0 Å². The molecule has 0 aliphatic rings. The Morgan fingerprint density at radius 3 is 2.38 bits per heavy atom. The van der Waals surface area contributed by atoms with Crippen LogP contribution in [0.1, 0.15) is 19.4 Å². The molecule has 0 bridgehead atoms. The van der Waals surface area contributed by atoms with Crippen molar-refractivity contribution in [1.82, 2.24) is 0 Å². The summed E-state index contributed by atoms with van der Waals surface area (Å²) >= 11 is 0. The summed E-state index contributed by atoms with van der Waals surface area (Å²) in [7, 11) is 0. The van der Waals surface area contributed by atoms with Crippen LogP contribution in [0.5, 0.6) is 5.75 Å². The van der Waals surface area contributed by atoms with Gasteiger partial charge in [-0.05, 0) is 37.6 Å². The maximum absolute atomic E-state index is 10.5. The van der Waals surface area contributed by atoms with Gasteiger partial charge in [0.15, 0.2) is 0 Å². The molecule has 0 radical (unpaired) electrons. The van der Waals surface area contributed by atoms with Crippen LogP contribution in [0.2, 0.25) is 0 Å². The summed E-state index contributed by atoms with van der Waals surface area (Å²) < 4.78 is 5.45. The molecule has 0 saturated heterocycles. The molecule has 0 aliphatic carbocycles. The van der Waals surface area contributed by atoms with Gasteiger partial charge in [0.2, 0.25) is 0 Å². The molecule has 1 aromatic carbocycles.